The fourth-order valence-corrected chi connectivity index (χ4v) is 15.2. The van der Waals surface area contributed by atoms with E-state index in [1.807, 2.05) is 0 Å². The smallest absolute Gasteiger partial charge is 0.462 e. The van der Waals surface area contributed by atoms with Gasteiger partial charge in [-0.25, -0.2) is 9.13 Å². The van der Waals surface area contributed by atoms with Crippen LogP contribution in [0.25, 0.3) is 0 Å². The minimum atomic E-state index is -4.97. The zero-order valence-corrected chi connectivity index (χ0v) is 71.4. The van der Waals surface area contributed by atoms with Crippen molar-refractivity contribution in [2.24, 2.45) is 5.92 Å². The number of aliphatic hydroxyl groups is 1. The first-order chi connectivity index (χ1) is 51.6. The van der Waals surface area contributed by atoms with E-state index < -0.39 is 97.5 Å². The van der Waals surface area contributed by atoms with Crippen molar-refractivity contribution in [1.82, 2.24) is 0 Å². The normalized spacial score (nSPS) is 14.0. The fourth-order valence-electron chi connectivity index (χ4n) is 13.6. The van der Waals surface area contributed by atoms with Crippen LogP contribution in [-0.4, -0.2) is 96.7 Å². The Morgan fingerprint density at radius 3 is 0.670 bits per heavy atom. The van der Waals surface area contributed by atoms with Gasteiger partial charge in [0.25, 0.3) is 0 Å². The van der Waals surface area contributed by atoms with E-state index in [2.05, 4.69) is 34.6 Å². The van der Waals surface area contributed by atoms with Crippen LogP contribution in [0.2, 0.25) is 0 Å². The summed E-state index contributed by atoms with van der Waals surface area (Å²) < 4.78 is 68.9. The second-order valence-electron chi connectivity index (χ2n) is 31.5. The van der Waals surface area contributed by atoms with Crippen molar-refractivity contribution in [1.29, 1.82) is 0 Å². The van der Waals surface area contributed by atoms with Crippen molar-refractivity contribution in [2.75, 3.05) is 39.6 Å². The minimum absolute atomic E-state index is 0.108. The molecule has 106 heavy (non-hydrogen) atoms. The molecule has 6 atom stereocenters. The second kappa shape index (κ2) is 79.7. The van der Waals surface area contributed by atoms with Gasteiger partial charge >= 0.3 is 39.5 Å². The first-order valence-electron chi connectivity index (χ1n) is 45.2. The van der Waals surface area contributed by atoms with E-state index in [0.717, 1.165) is 95.8 Å². The van der Waals surface area contributed by atoms with Gasteiger partial charge < -0.3 is 33.8 Å². The van der Waals surface area contributed by atoms with Gasteiger partial charge in [-0.05, 0) is 31.6 Å². The lowest BCUT2D eigenvalue weighted by Crippen LogP contribution is -2.30. The number of carbonyl (C=O) groups is 4. The van der Waals surface area contributed by atoms with Gasteiger partial charge in [-0.3, -0.25) is 37.3 Å². The zero-order valence-electron chi connectivity index (χ0n) is 69.6. The van der Waals surface area contributed by atoms with E-state index in [4.69, 9.17) is 37.0 Å². The summed E-state index contributed by atoms with van der Waals surface area (Å²) in [5.74, 6) is -1.23. The Kier molecular flexibility index (Phi) is 78.2. The van der Waals surface area contributed by atoms with Crippen molar-refractivity contribution < 1.29 is 80.2 Å². The molecule has 0 bridgehead atoms. The van der Waals surface area contributed by atoms with Gasteiger partial charge in [0.05, 0.1) is 26.4 Å². The number of phosphoric acid groups is 2. The number of carbonyl (C=O) groups excluding carboxylic acids is 4. The summed E-state index contributed by atoms with van der Waals surface area (Å²) in [5, 5.41) is 10.7. The van der Waals surface area contributed by atoms with Gasteiger partial charge in [0, 0.05) is 25.7 Å². The van der Waals surface area contributed by atoms with Crippen LogP contribution in [0, 0.1) is 5.92 Å². The summed E-state index contributed by atoms with van der Waals surface area (Å²) in [7, 11) is -9.93. The van der Waals surface area contributed by atoms with Gasteiger partial charge in [0.15, 0.2) is 12.2 Å². The van der Waals surface area contributed by atoms with Crippen molar-refractivity contribution in [3.63, 3.8) is 0 Å². The zero-order chi connectivity index (χ0) is 77.6. The van der Waals surface area contributed by atoms with E-state index in [-0.39, 0.29) is 25.7 Å². The summed E-state index contributed by atoms with van der Waals surface area (Å²) in [6.45, 7) is 7.43. The highest BCUT2D eigenvalue weighted by Crippen LogP contribution is 2.45. The van der Waals surface area contributed by atoms with Crippen LogP contribution in [0.4, 0.5) is 0 Å². The maximum Gasteiger partial charge on any atom is 0.472 e. The molecule has 0 aromatic heterocycles. The van der Waals surface area contributed by atoms with Crippen molar-refractivity contribution >= 4 is 39.5 Å². The molecule has 0 aliphatic rings. The van der Waals surface area contributed by atoms with Gasteiger partial charge in [0.1, 0.15) is 19.3 Å². The van der Waals surface area contributed by atoms with E-state index in [0.29, 0.717) is 25.7 Å². The number of esters is 4. The molecule has 0 amide bonds. The van der Waals surface area contributed by atoms with Gasteiger partial charge in [-0.2, -0.15) is 0 Å². The van der Waals surface area contributed by atoms with Gasteiger partial charge in [0.2, 0.25) is 0 Å². The minimum Gasteiger partial charge on any atom is -0.462 e. The molecule has 0 saturated heterocycles. The SMILES string of the molecule is CCCCCCCCCCCCCCCCCCCCCCC(=O)OC[C@H](COP(=O)(O)OC[C@@H](O)COP(=O)(O)OC[C@@H](COC(=O)CCCCCCCCCCCCC)OC(=O)CCCCCCCCCCCCCCC)OC(=O)CCCCCCCCCCCCCCCCCCCCC(C)CC. The molecule has 0 aliphatic carbocycles. The van der Waals surface area contributed by atoms with E-state index in [1.54, 1.807) is 0 Å². The Bertz CT molecular complexity index is 2020. The molecule has 0 heterocycles. The predicted octanol–water partition coefficient (Wildman–Crippen LogP) is 26.8. The molecule has 3 unspecified atom stereocenters. The summed E-state index contributed by atoms with van der Waals surface area (Å²) in [6.07, 6.45) is 73.5. The Hall–Kier alpha value is -1.94. The van der Waals surface area contributed by atoms with Gasteiger partial charge in [-0.15, -0.1) is 0 Å². The highest BCUT2D eigenvalue weighted by Gasteiger charge is 2.30. The predicted molar refractivity (Wildman–Crippen MR) is 437 cm³/mol. The van der Waals surface area contributed by atoms with Crippen LogP contribution in [0.5, 0.6) is 0 Å². The van der Waals surface area contributed by atoms with Crippen LogP contribution in [0.15, 0.2) is 0 Å². The maximum absolute atomic E-state index is 13.2. The molecule has 0 saturated carbocycles. The van der Waals surface area contributed by atoms with Crippen LogP contribution in [-0.2, 0) is 65.4 Å². The van der Waals surface area contributed by atoms with Crippen molar-refractivity contribution in [2.45, 2.75) is 490 Å². The molecule has 0 rings (SSSR count). The van der Waals surface area contributed by atoms with Crippen LogP contribution in [0.1, 0.15) is 471 Å². The second-order valence-corrected chi connectivity index (χ2v) is 34.4. The molecule has 0 aromatic carbocycles. The molecule has 3 N–H and O–H groups in total. The Labute approximate surface area is 651 Å². The van der Waals surface area contributed by atoms with E-state index >= 15 is 0 Å². The largest absolute Gasteiger partial charge is 0.472 e. The molecule has 0 fully saturated rings. The maximum atomic E-state index is 13.2. The molecular formula is C87H170O17P2. The van der Waals surface area contributed by atoms with Crippen molar-refractivity contribution in [3.05, 3.63) is 0 Å². The highest BCUT2D eigenvalue weighted by molar-refractivity contribution is 7.47. The first kappa shape index (κ1) is 104. The summed E-state index contributed by atoms with van der Waals surface area (Å²) in [5.41, 5.74) is 0. The standard InChI is InChI=1S/C87H170O17P2/c1-6-10-13-16-19-22-25-27-28-29-30-31-35-38-42-46-51-56-61-66-71-85(90)98-77-83(104-87(92)73-68-63-58-53-48-43-39-36-33-32-34-37-41-45-49-54-59-64-69-80(5)9-4)79-102-106(95,96)100-75-81(88)74-99-105(93,94)101-78-82(76-97-84(89)70-65-60-55-50-44-24-21-18-15-12-8-3)103-86(91)72-67-62-57-52-47-40-26-23-20-17-14-11-7-2/h80-83,88H,6-79H2,1-5H3,(H,93,94)(H,95,96)/t80?,81-,82+,83+/m0/s1. The number of ether oxygens (including phenoxy) is 4. The lowest BCUT2D eigenvalue weighted by Gasteiger charge is -2.21. The average Bonchev–Trinajstić information content (AvgIpc) is 0.925. The summed E-state index contributed by atoms with van der Waals surface area (Å²) in [4.78, 5) is 73.2. The number of aliphatic hydroxyl groups excluding tert-OH is 1. The Balaban J connectivity index is 5.21. The third-order valence-electron chi connectivity index (χ3n) is 20.9. The lowest BCUT2D eigenvalue weighted by atomic mass is 9.99. The number of phosphoric ester groups is 2. The van der Waals surface area contributed by atoms with Crippen LogP contribution < -0.4 is 0 Å². The number of hydrogen-bond acceptors (Lipinski definition) is 15. The van der Waals surface area contributed by atoms with E-state index in [9.17, 15) is 43.2 Å². The van der Waals surface area contributed by atoms with E-state index in [1.165, 1.54) is 295 Å². The Morgan fingerprint density at radius 1 is 0.264 bits per heavy atom. The third-order valence-corrected chi connectivity index (χ3v) is 22.8. The monoisotopic (exact) mass is 1550 g/mol. The molecule has 19 heteroatoms. The van der Waals surface area contributed by atoms with Crippen LogP contribution >= 0.6 is 15.6 Å². The molecule has 17 nitrogen and oxygen atoms in total. The highest BCUT2D eigenvalue weighted by atomic mass is 31.2. The molecule has 0 radical (unpaired) electrons. The summed E-state index contributed by atoms with van der Waals surface area (Å²) in [6, 6.07) is 0. The molecule has 630 valence electrons. The van der Waals surface area contributed by atoms with Crippen molar-refractivity contribution in [3.8, 4) is 0 Å². The summed E-state index contributed by atoms with van der Waals surface area (Å²) >= 11 is 0. The molecule has 0 spiro atoms. The third kappa shape index (κ3) is 78.7. The topological polar surface area (TPSA) is 237 Å². The Morgan fingerprint density at radius 2 is 0.453 bits per heavy atom. The average molecular weight is 1550 g/mol. The molecular weight excluding hydrogens is 1380 g/mol. The first-order valence-corrected chi connectivity index (χ1v) is 48.2. The molecule has 0 aliphatic heterocycles. The quantitative estimate of drug-likeness (QED) is 0.0222. The fraction of sp³-hybridized carbons (Fsp3) is 0.954. The number of rotatable bonds is 87. The molecule has 0 aromatic rings. The number of unbranched alkanes of at least 4 members (excludes halogenated alkanes) is 58. The number of hydrogen-bond donors (Lipinski definition) is 3. The van der Waals surface area contributed by atoms with Crippen LogP contribution in [0.3, 0.4) is 0 Å². The van der Waals surface area contributed by atoms with Gasteiger partial charge in [-0.1, -0.05) is 420 Å². The lowest BCUT2D eigenvalue weighted by molar-refractivity contribution is -0.161.